The largest absolute Gasteiger partial charge is 0.497 e. The number of thiol groups is 1. The number of halogens is 1. The zero-order valence-electron chi connectivity index (χ0n) is 12.5. The van der Waals surface area contributed by atoms with E-state index in [-0.39, 0.29) is 5.25 Å². The lowest BCUT2D eigenvalue weighted by atomic mass is 9.99. The van der Waals surface area contributed by atoms with Crippen LogP contribution < -0.4 is 10.1 Å². The number of hydrogen-bond donors (Lipinski definition) is 3. The van der Waals surface area contributed by atoms with Gasteiger partial charge in [-0.3, -0.25) is 4.79 Å². The first kappa shape index (κ1) is 16.5. The number of methoxy groups -OCH3 is 1. The third-order valence-corrected chi connectivity index (χ3v) is 7.52. The molecule has 4 nitrogen and oxygen atoms in total. The van der Waals surface area contributed by atoms with Crippen LogP contribution in [0.25, 0.3) is 0 Å². The number of carboxylic acid groups (broad SMARTS) is 1. The molecule has 2 unspecified atom stereocenters. The molecule has 0 bridgehead atoms. The van der Waals surface area contributed by atoms with E-state index in [0.717, 1.165) is 22.8 Å². The van der Waals surface area contributed by atoms with Crippen LogP contribution in [-0.4, -0.2) is 42.3 Å². The summed E-state index contributed by atoms with van der Waals surface area (Å²) >= 11 is 6.17. The molecule has 0 saturated carbocycles. The molecule has 2 rings (SSSR count). The average molecular weight is 332 g/mol. The van der Waals surface area contributed by atoms with E-state index < -0.39 is 22.9 Å². The van der Waals surface area contributed by atoms with Gasteiger partial charge in [0.1, 0.15) is 11.8 Å². The van der Waals surface area contributed by atoms with Gasteiger partial charge in [-0.2, -0.15) is 0 Å². The molecular weight excluding hydrogens is 310 g/mol. The Morgan fingerprint density at radius 3 is 2.81 bits per heavy atom. The summed E-state index contributed by atoms with van der Waals surface area (Å²) in [5.41, 5.74) is 0. The van der Waals surface area contributed by atoms with Crippen molar-refractivity contribution in [2.75, 3.05) is 19.9 Å². The number of nitrogens with one attached hydrogen (secondary N) is 1. The van der Waals surface area contributed by atoms with Gasteiger partial charge in [0.2, 0.25) is 0 Å². The lowest BCUT2D eigenvalue weighted by molar-refractivity contribution is -0.139. The van der Waals surface area contributed by atoms with Crippen LogP contribution in [0.3, 0.4) is 0 Å². The molecule has 1 aromatic rings. The van der Waals surface area contributed by atoms with Crippen molar-refractivity contribution < 1.29 is 14.6 Å². The fourth-order valence-electron chi connectivity index (χ4n) is 3.05. The number of carboxylic acids is 1. The summed E-state index contributed by atoms with van der Waals surface area (Å²) in [6, 6.07) is 5.22. The van der Waals surface area contributed by atoms with Gasteiger partial charge < -0.3 is 15.2 Å². The Bertz CT molecular complexity index is 526. The molecule has 4 atom stereocenters. The molecule has 1 saturated heterocycles. The Morgan fingerprint density at radius 1 is 1.52 bits per heavy atom. The van der Waals surface area contributed by atoms with Crippen molar-refractivity contribution in [3.05, 3.63) is 23.2 Å². The molecule has 2 N–H and O–H groups in total. The lowest BCUT2D eigenvalue weighted by Gasteiger charge is -2.32. The van der Waals surface area contributed by atoms with Crippen molar-refractivity contribution in [2.45, 2.75) is 29.5 Å². The highest BCUT2D eigenvalue weighted by Gasteiger charge is 2.40. The smallest absolute Gasteiger partial charge is 0.321 e. The molecule has 6 heteroatoms. The zero-order chi connectivity index (χ0) is 15.6. The second-order valence-electron chi connectivity index (χ2n) is 5.40. The van der Waals surface area contributed by atoms with Gasteiger partial charge in [-0.15, -0.1) is 0 Å². The van der Waals surface area contributed by atoms with Gasteiger partial charge in [-0.1, -0.05) is 18.5 Å². The molecule has 1 fully saturated rings. The molecule has 0 aliphatic carbocycles. The molecule has 21 heavy (non-hydrogen) atoms. The topological polar surface area (TPSA) is 58.6 Å². The Balaban J connectivity index is 2.37. The number of benzene rings is 1. The number of hydrogen-bond acceptors (Lipinski definition) is 3. The van der Waals surface area contributed by atoms with Crippen LogP contribution in [0.15, 0.2) is 23.1 Å². The van der Waals surface area contributed by atoms with E-state index in [0.29, 0.717) is 10.9 Å². The Hall–Kier alpha value is -0.910. The van der Waals surface area contributed by atoms with Crippen molar-refractivity contribution in [3.63, 3.8) is 0 Å². The predicted octanol–water partition coefficient (Wildman–Crippen LogP) is 2.79. The molecule has 1 heterocycles. The Labute approximate surface area is 133 Å². The summed E-state index contributed by atoms with van der Waals surface area (Å²) in [5, 5.41) is 13.2. The average Bonchev–Trinajstić information content (AvgIpc) is 2.81. The van der Waals surface area contributed by atoms with Crippen LogP contribution in [0.1, 0.15) is 13.3 Å². The van der Waals surface area contributed by atoms with Crippen LogP contribution in [0.5, 0.6) is 5.75 Å². The summed E-state index contributed by atoms with van der Waals surface area (Å²) in [6.07, 6.45) is 1.05. The monoisotopic (exact) mass is 331 g/mol. The standard InChI is InChI=1S/C15H22ClNO3S/c1-9-4-5-21(14(9)13(17-2)15(18)19)12-7-10(16)6-11(8-12)20-3/h6-9,13-14,17,21H,4-5H2,1-3H3,(H,18,19)/t9-,13?,14-/m1/s1. The summed E-state index contributed by atoms with van der Waals surface area (Å²) in [4.78, 5) is 12.7. The molecule has 0 amide bonds. The third kappa shape index (κ3) is 3.47. The molecule has 1 aromatic carbocycles. The van der Waals surface area contributed by atoms with Crippen molar-refractivity contribution in [2.24, 2.45) is 5.92 Å². The molecule has 1 aliphatic rings. The van der Waals surface area contributed by atoms with Gasteiger partial charge in [0.25, 0.3) is 0 Å². The van der Waals surface area contributed by atoms with E-state index in [4.69, 9.17) is 16.3 Å². The van der Waals surface area contributed by atoms with Crippen LogP contribution in [0.2, 0.25) is 5.02 Å². The van der Waals surface area contributed by atoms with Crippen molar-refractivity contribution >= 4 is 28.5 Å². The summed E-state index contributed by atoms with van der Waals surface area (Å²) in [5.74, 6) is 1.37. The number of aliphatic carboxylic acids is 1. The zero-order valence-corrected chi connectivity index (χ0v) is 14.1. The fraction of sp³-hybridized carbons (Fsp3) is 0.533. The highest BCUT2D eigenvalue weighted by atomic mass is 35.5. The maximum atomic E-state index is 11.5. The maximum absolute atomic E-state index is 11.5. The summed E-state index contributed by atoms with van der Waals surface area (Å²) in [6.45, 7) is 2.14. The summed E-state index contributed by atoms with van der Waals surface area (Å²) in [7, 11) is 2.77. The van der Waals surface area contributed by atoms with E-state index in [1.165, 1.54) is 0 Å². The highest BCUT2D eigenvalue weighted by Crippen LogP contribution is 2.53. The fourth-order valence-corrected chi connectivity index (χ4v) is 6.94. The second-order valence-corrected chi connectivity index (χ2v) is 8.34. The molecule has 0 spiro atoms. The quantitative estimate of drug-likeness (QED) is 0.726. The number of rotatable bonds is 5. The SMILES string of the molecule is CNC(C(=O)O)[C@H]1[C@H](C)CC[SH]1c1cc(Cl)cc(OC)c1. The lowest BCUT2D eigenvalue weighted by Crippen LogP contribution is -2.45. The third-order valence-electron chi connectivity index (χ3n) is 4.11. The first-order valence-electron chi connectivity index (χ1n) is 6.99. The normalized spacial score (nSPS) is 28.3. The van der Waals surface area contributed by atoms with Crippen molar-refractivity contribution in [3.8, 4) is 5.75 Å². The highest BCUT2D eigenvalue weighted by molar-refractivity contribution is 8.17. The molecule has 0 radical (unpaired) electrons. The van der Waals surface area contributed by atoms with Gasteiger partial charge in [0.15, 0.2) is 0 Å². The van der Waals surface area contributed by atoms with Gasteiger partial charge >= 0.3 is 5.97 Å². The predicted molar refractivity (Wildman–Crippen MR) is 88.2 cm³/mol. The molecule has 1 aliphatic heterocycles. The van der Waals surface area contributed by atoms with E-state index in [1.807, 2.05) is 12.1 Å². The van der Waals surface area contributed by atoms with Crippen LogP contribution in [0, 0.1) is 5.92 Å². The minimum atomic E-state index is -0.780. The second kappa shape index (κ2) is 6.90. The first-order chi connectivity index (χ1) is 9.97. The van der Waals surface area contributed by atoms with Gasteiger partial charge in [0, 0.05) is 10.3 Å². The van der Waals surface area contributed by atoms with Gasteiger partial charge in [-0.05, 0) is 48.2 Å². The number of carbonyl (C=O) groups is 1. The van der Waals surface area contributed by atoms with E-state index >= 15 is 0 Å². The van der Waals surface area contributed by atoms with E-state index in [9.17, 15) is 9.90 Å². The van der Waals surface area contributed by atoms with E-state index in [2.05, 4.69) is 12.2 Å². The van der Waals surface area contributed by atoms with Crippen LogP contribution >= 0.6 is 22.5 Å². The van der Waals surface area contributed by atoms with Gasteiger partial charge in [0.05, 0.1) is 7.11 Å². The number of likely N-dealkylation sites (N-methyl/N-ethyl adjacent to an activating group) is 1. The maximum Gasteiger partial charge on any atom is 0.321 e. The van der Waals surface area contributed by atoms with Crippen LogP contribution in [0.4, 0.5) is 0 Å². The van der Waals surface area contributed by atoms with Gasteiger partial charge in [-0.25, -0.2) is 10.9 Å². The van der Waals surface area contributed by atoms with Crippen molar-refractivity contribution in [1.82, 2.24) is 5.32 Å². The van der Waals surface area contributed by atoms with E-state index in [1.54, 1.807) is 20.2 Å². The molecule has 0 aromatic heterocycles. The molecular formula is C15H22ClNO3S. The minimum Gasteiger partial charge on any atom is -0.497 e. The van der Waals surface area contributed by atoms with Crippen molar-refractivity contribution in [1.29, 1.82) is 0 Å². The van der Waals surface area contributed by atoms with Crippen LogP contribution in [-0.2, 0) is 4.79 Å². The Kier molecular flexibility index (Phi) is 5.41. The minimum absolute atomic E-state index is 0.116. The Morgan fingerprint density at radius 2 is 2.24 bits per heavy atom. The number of ether oxygens (including phenoxy) is 1. The first-order valence-corrected chi connectivity index (χ1v) is 8.96. The summed E-state index contributed by atoms with van der Waals surface area (Å²) < 4.78 is 5.29. The molecule has 118 valence electrons.